The predicted octanol–water partition coefficient (Wildman–Crippen LogP) is 2.33. The Bertz CT molecular complexity index is 722. The molecule has 0 atom stereocenters. The zero-order valence-electron chi connectivity index (χ0n) is 12.1. The Balaban J connectivity index is 2.49. The molecule has 0 saturated carbocycles. The number of Topliss-reactive ketones (excluding diaryl/α,β-unsaturated/α-hetero) is 1. The molecule has 0 bridgehead atoms. The number of benzene rings is 1. The van der Waals surface area contributed by atoms with E-state index < -0.39 is 0 Å². The van der Waals surface area contributed by atoms with E-state index in [-0.39, 0.29) is 11.6 Å². The first kappa shape index (κ1) is 13.9. The molecule has 20 heavy (non-hydrogen) atoms. The minimum atomic E-state index is 0.0672. The maximum absolute atomic E-state index is 11.8. The van der Waals surface area contributed by atoms with Crippen LogP contribution in [0.4, 0.5) is 0 Å². The molecule has 0 radical (unpaired) electrons. The highest BCUT2D eigenvalue weighted by atomic mass is 16.1. The second kappa shape index (κ2) is 5.25. The lowest BCUT2D eigenvalue weighted by atomic mass is 9.91. The van der Waals surface area contributed by atoms with Gasteiger partial charge in [-0.15, -0.1) is 5.10 Å². The number of rotatable bonds is 3. The highest BCUT2D eigenvalue weighted by Crippen LogP contribution is 2.23. The SMILES string of the molecule is CC(=O)c1c(C)cc(C)c(Cn2cnc(C#N)n2)c1C. The molecule has 1 heterocycles. The molecule has 1 aromatic heterocycles. The second-order valence-corrected chi connectivity index (χ2v) is 4.92. The first-order valence-corrected chi connectivity index (χ1v) is 6.34. The fourth-order valence-electron chi connectivity index (χ4n) is 2.60. The van der Waals surface area contributed by atoms with Gasteiger partial charge in [0.05, 0.1) is 6.54 Å². The molecule has 0 N–H and O–H groups in total. The fourth-order valence-corrected chi connectivity index (χ4v) is 2.60. The number of aromatic nitrogens is 3. The van der Waals surface area contributed by atoms with Gasteiger partial charge in [-0.25, -0.2) is 9.67 Å². The number of nitrogens with zero attached hydrogens (tertiary/aromatic N) is 4. The summed E-state index contributed by atoms with van der Waals surface area (Å²) in [5.74, 6) is 0.219. The van der Waals surface area contributed by atoms with Gasteiger partial charge >= 0.3 is 0 Å². The molecule has 0 unspecified atom stereocenters. The number of ketones is 1. The maximum Gasteiger partial charge on any atom is 0.252 e. The number of carbonyl (C=O) groups is 1. The average molecular weight is 268 g/mol. The lowest BCUT2D eigenvalue weighted by Crippen LogP contribution is -2.10. The molecule has 102 valence electrons. The van der Waals surface area contributed by atoms with Gasteiger partial charge < -0.3 is 0 Å². The summed E-state index contributed by atoms with van der Waals surface area (Å²) in [7, 11) is 0. The van der Waals surface area contributed by atoms with Gasteiger partial charge in [0.1, 0.15) is 12.4 Å². The molecule has 5 nitrogen and oxygen atoms in total. The Morgan fingerprint density at radius 2 is 2.05 bits per heavy atom. The second-order valence-electron chi connectivity index (χ2n) is 4.92. The van der Waals surface area contributed by atoms with Gasteiger partial charge in [-0.2, -0.15) is 5.26 Å². The van der Waals surface area contributed by atoms with Crippen molar-refractivity contribution < 1.29 is 4.79 Å². The molecular weight excluding hydrogens is 252 g/mol. The van der Waals surface area contributed by atoms with Crippen LogP contribution in [-0.4, -0.2) is 20.5 Å². The molecule has 0 saturated heterocycles. The van der Waals surface area contributed by atoms with E-state index in [0.29, 0.717) is 6.54 Å². The van der Waals surface area contributed by atoms with Crippen LogP contribution < -0.4 is 0 Å². The van der Waals surface area contributed by atoms with E-state index in [1.807, 2.05) is 32.9 Å². The van der Waals surface area contributed by atoms with Crippen LogP contribution in [0, 0.1) is 32.1 Å². The molecule has 2 rings (SSSR count). The van der Waals surface area contributed by atoms with Crippen molar-refractivity contribution in [1.82, 2.24) is 14.8 Å². The largest absolute Gasteiger partial charge is 0.294 e. The summed E-state index contributed by atoms with van der Waals surface area (Å²) in [6.45, 7) is 8.00. The molecule has 0 fully saturated rings. The van der Waals surface area contributed by atoms with Crippen LogP contribution in [0.15, 0.2) is 12.4 Å². The van der Waals surface area contributed by atoms with E-state index >= 15 is 0 Å². The zero-order chi connectivity index (χ0) is 14.9. The van der Waals surface area contributed by atoms with Crippen molar-refractivity contribution in [2.24, 2.45) is 0 Å². The number of hydrogen-bond donors (Lipinski definition) is 0. The zero-order valence-corrected chi connectivity index (χ0v) is 12.1. The van der Waals surface area contributed by atoms with E-state index in [4.69, 9.17) is 5.26 Å². The number of nitriles is 1. The van der Waals surface area contributed by atoms with Gasteiger partial charge in [0.15, 0.2) is 5.78 Å². The van der Waals surface area contributed by atoms with Crippen LogP contribution in [0.3, 0.4) is 0 Å². The summed E-state index contributed by atoms with van der Waals surface area (Å²) in [5, 5.41) is 12.8. The van der Waals surface area contributed by atoms with Crippen LogP contribution in [0.5, 0.6) is 0 Å². The highest BCUT2D eigenvalue weighted by molar-refractivity contribution is 5.97. The molecule has 0 amide bonds. The van der Waals surface area contributed by atoms with Crippen LogP contribution in [0.25, 0.3) is 0 Å². The summed E-state index contributed by atoms with van der Waals surface area (Å²) in [4.78, 5) is 15.7. The predicted molar refractivity (Wildman–Crippen MR) is 74.5 cm³/mol. The van der Waals surface area contributed by atoms with E-state index in [0.717, 1.165) is 27.8 Å². The standard InChI is InChI=1S/C15H16N4O/c1-9-5-10(2)15(12(4)20)11(3)13(9)7-19-8-17-14(6-16)18-19/h5,8H,7H2,1-4H3. The summed E-state index contributed by atoms with van der Waals surface area (Å²) >= 11 is 0. The maximum atomic E-state index is 11.8. The summed E-state index contributed by atoms with van der Waals surface area (Å²) in [6, 6.07) is 3.92. The van der Waals surface area contributed by atoms with Crippen molar-refractivity contribution in [1.29, 1.82) is 5.26 Å². The first-order chi connectivity index (χ1) is 9.43. The van der Waals surface area contributed by atoms with E-state index in [2.05, 4.69) is 10.1 Å². The van der Waals surface area contributed by atoms with Crippen LogP contribution in [0.2, 0.25) is 0 Å². The molecule has 0 aliphatic rings. The molecule has 0 aliphatic heterocycles. The van der Waals surface area contributed by atoms with E-state index in [9.17, 15) is 4.79 Å². The number of hydrogen-bond acceptors (Lipinski definition) is 4. The Kier molecular flexibility index (Phi) is 3.66. The topological polar surface area (TPSA) is 71.6 Å². The van der Waals surface area contributed by atoms with Gasteiger partial charge in [0.25, 0.3) is 5.82 Å². The minimum Gasteiger partial charge on any atom is -0.294 e. The van der Waals surface area contributed by atoms with Gasteiger partial charge in [-0.1, -0.05) is 6.07 Å². The first-order valence-electron chi connectivity index (χ1n) is 6.34. The van der Waals surface area contributed by atoms with Crippen molar-refractivity contribution in [2.45, 2.75) is 34.2 Å². The quantitative estimate of drug-likeness (QED) is 0.801. The lowest BCUT2D eigenvalue weighted by molar-refractivity contribution is 0.101. The van der Waals surface area contributed by atoms with Gasteiger partial charge in [0.2, 0.25) is 0 Å². The van der Waals surface area contributed by atoms with E-state index in [1.165, 1.54) is 6.33 Å². The third-order valence-electron chi connectivity index (χ3n) is 3.44. The molecule has 5 heteroatoms. The molecule has 2 aromatic rings. The number of aryl methyl sites for hydroxylation is 2. The highest BCUT2D eigenvalue weighted by Gasteiger charge is 2.15. The van der Waals surface area contributed by atoms with Crippen molar-refractivity contribution >= 4 is 5.78 Å². The monoisotopic (exact) mass is 268 g/mol. The Morgan fingerprint density at radius 1 is 1.35 bits per heavy atom. The average Bonchev–Trinajstić information content (AvgIpc) is 2.81. The Labute approximate surface area is 117 Å². The molecular formula is C15H16N4O. The minimum absolute atomic E-state index is 0.0672. The molecule has 1 aromatic carbocycles. The van der Waals surface area contributed by atoms with Crippen molar-refractivity contribution in [2.75, 3.05) is 0 Å². The lowest BCUT2D eigenvalue weighted by Gasteiger charge is -2.15. The number of carbonyl (C=O) groups excluding carboxylic acids is 1. The molecule has 0 spiro atoms. The van der Waals surface area contributed by atoms with Gasteiger partial charge in [-0.3, -0.25) is 4.79 Å². The summed E-state index contributed by atoms with van der Waals surface area (Å²) in [5.41, 5.74) is 4.90. The van der Waals surface area contributed by atoms with Gasteiger partial charge in [-0.05, 0) is 49.9 Å². The smallest absolute Gasteiger partial charge is 0.252 e. The Morgan fingerprint density at radius 3 is 2.60 bits per heavy atom. The van der Waals surface area contributed by atoms with Crippen LogP contribution >= 0.6 is 0 Å². The van der Waals surface area contributed by atoms with Crippen LogP contribution in [0.1, 0.15) is 45.4 Å². The summed E-state index contributed by atoms with van der Waals surface area (Å²) in [6.07, 6.45) is 1.53. The van der Waals surface area contributed by atoms with Crippen molar-refractivity contribution in [3.63, 3.8) is 0 Å². The third kappa shape index (κ3) is 2.45. The normalized spacial score (nSPS) is 10.3. The van der Waals surface area contributed by atoms with Crippen molar-refractivity contribution in [3.05, 3.63) is 46.0 Å². The van der Waals surface area contributed by atoms with Crippen LogP contribution in [-0.2, 0) is 6.54 Å². The van der Waals surface area contributed by atoms with Gasteiger partial charge in [0, 0.05) is 5.56 Å². The van der Waals surface area contributed by atoms with Crippen molar-refractivity contribution in [3.8, 4) is 6.07 Å². The summed E-state index contributed by atoms with van der Waals surface area (Å²) < 4.78 is 1.62. The third-order valence-corrected chi connectivity index (χ3v) is 3.44. The molecule has 0 aliphatic carbocycles. The van der Waals surface area contributed by atoms with E-state index in [1.54, 1.807) is 11.6 Å². The fraction of sp³-hybridized carbons (Fsp3) is 0.333. The Hall–Kier alpha value is -2.48.